The SMILES string of the molecule is CCNC(=NCc1ccccc1Cl)NCCC(F)(F)F.I. The summed E-state index contributed by atoms with van der Waals surface area (Å²) in [5.74, 6) is 0.344. The highest BCUT2D eigenvalue weighted by atomic mass is 127. The summed E-state index contributed by atoms with van der Waals surface area (Å²) < 4.78 is 36.2. The van der Waals surface area contributed by atoms with Crippen molar-refractivity contribution in [3.63, 3.8) is 0 Å². The Balaban J connectivity index is 0.00000400. The molecule has 21 heavy (non-hydrogen) atoms. The zero-order valence-corrected chi connectivity index (χ0v) is 14.6. The Morgan fingerprint density at radius 2 is 1.90 bits per heavy atom. The van der Waals surface area contributed by atoms with E-state index < -0.39 is 12.6 Å². The smallest absolute Gasteiger partial charge is 0.357 e. The van der Waals surface area contributed by atoms with Crippen LogP contribution in [0, 0.1) is 0 Å². The maximum absolute atomic E-state index is 12.1. The third-order valence-electron chi connectivity index (χ3n) is 2.41. The van der Waals surface area contributed by atoms with E-state index >= 15 is 0 Å². The van der Waals surface area contributed by atoms with Crippen molar-refractivity contribution in [3.05, 3.63) is 34.9 Å². The lowest BCUT2D eigenvalue weighted by Gasteiger charge is -2.12. The van der Waals surface area contributed by atoms with Crippen molar-refractivity contribution in [2.75, 3.05) is 13.1 Å². The fraction of sp³-hybridized carbons (Fsp3) is 0.462. The number of rotatable bonds is 5. The van der Waals surface area contributed by atoms with Gasteiger partial charge < -0.3 is 10.6 Å². The maximum Gasteiger partial charge on any atom is 0.390 e. The third kappa shape index (κ3) is 9.02. The largest absolute Gasteiger partial charge is 0.390 e. The summed E-state index contributed by atoms with van der Waals surface area (Å²) in [6.45, 7) is 2.51. The lowest BCUT2D eigenvalue weighted by atomic mass is 10.2. The number of aliphatic imine (C=N–C) groups is 1. The summed E-state index contributed by atoms with van der Waals surface area (Å²) in [5, 5.41) is 6.12. The summed E-state index contributed by atoms with van der Waals surface area (Å²) >= 11 is 5.99. The molecule has 8 heteroatoms. The lowest BCUT2D eigenvalue weighted by Crippen LogP contribution is -2.38. The molecule has 2 N–H and O–H groups in total. The Hall–Kier alpha value is -0.700. The zero-order chi connectivity index (χ0) is 15.0. The standard InChI is InChI=1S/C13H17ClF3N3.HI/c1-2-18-12(19-8-7-13(15,16)17)20-9-10-5-3-4-6-11(10)14;/h3-6H,2,7-9H2,1H3,(H2,18,19,20);1H. The second kappa shape index (κ2) is 10.1. The first-order chi connectivity index (χ1) is 9.42. The molecule has 120 valence electrons. The highest BCUT2D eigenvalue weighted by Gasteiger charge is 2.26. The van der Waals surface area contributed by atoms with Crippen LogP contribution in [0.5, 0.6) is 0 Å². The van der Waals surface area contributed by atoms with E-state index in [2.05, 4.69) is 15.6 Å². The number of nitrogens with one attached hydrogen (secondary N) is 2. The van der Waals surface area contributed by atoms with Crippen LogP contribution in [0.1, 0.15) is 18.9 Å². The Labute approximate surface area is 144 Å². The highest BCUT2D eigenvalue weighted by molar-refractivity contribution is 14.0. The lowest BCUT2D eigenvalue weighted by molar-refractivity contribution is -0.132. The van der Waals surface area contributed by atoms with Gasteiger partial charge in [-0.2, -0.15) is 13.2 Å². The van der Waals surface area contributed by atoms with Gasteiger partial charge in [-0.05, 0) is 18.6 Å². The van der Waals surface area contributed by atoms with E-state index in [4.69, 9.17) is 11.6 Å². The van der Waals surface area contributed by atoms with Gasteiger partial charge in [0.2, 0.25) is 0 Å². The van der Waals surface area contributed by atoms with Crippen LogP contribution in [-0.2, 0) is 6.54 Å². The van der Waals surface area contributed by atoms with E-state index in [0.29, 0.717) is 24.1 Å². The van der Waals surface area contributed by atoms with Crippen molar-refractivity contribution >= 4 is 41.5 Å². The number of alkyl halides is 3. The van der Waals surface area contributed by atoms with Crippen LogP contribution in [0.3, 0.4) is 0 Å². The number of nitrogens with zero attached hydrogens (tertiary/aromatic N) is 1. The first-order valence-corrected chi connectivity index (χ1v) is 6.62. The minimum Gasteiger partial charge on any atom is -0.357 e. The van der Waals surface area contributed by atoms with Crippen LogP contribution in [-0.4, -0.2) is 25.2 Å². The van der Waals surface area contributed by atoms with Gasteiger partial charge in [-0.25, -0.2) is 4.99 Å². The second-order valence-corrected chi connectivity index (χ2v) is 4.49. The molecule has 1 rings (SSSR count). The molecule has 0 unspecified atom stereocenters. The molecule has 0 aliphatic rings. The number of benzene rings is 1. The molecule has 0 spiro atoms. The predicted octanol–water partition coefficient (Wildman–Crippen LogP) is 3.97. The zero-order valence-electron chi connectivity index (χ0n) is 11.5. The molecular formula is C13H18ClF3IN3. The summed E-state index contributed by atoms with van der Waals surface area (Å²) in [6, 6.07) is 7.21. The molecule has 1 aromatic carbocycles. The molecule has 0 amide bonds. The Morgan fingerprint density at radius 1 is 1.24 bits per heavy atom. The van der Waals surface area contributed by atoms with E-state index in [0.717, 1.165) is 5.56 Å². The number of hydrogen-bond acceptors (Lipinski definition) is 1. The van der Waals surface area contributed by atoms with Gasteiger partial charge in [-0.15, -0.1) is 24.0 Å². The Morgan fingerprint density at radius 3 is 2.48 bits per heavy atom. The molecule has 0 aliphatic carbocycles. The second-order valence-electron chi connectivity index (χ2n) is 4.08. The molecular weight excluding hydrogens is 418 g/mol. The van der Waals surface area contributed by atoms with Gasteiger partial charge in [0.1, 0.15) is 0 Å². The number of hydrogen-bond donors (Lipinski definition) is 2. The van der Waals surface area contributed by atoms with Crippen LogP contribution >= 0.6 is 35.6 Å². The first-order valence-electron chi connectivity index (χ1n) is 6.24. The fourth-order valence-corrected chi connectivity index (χ4v) is 1.65. The molecule has 0 atom stereocenters. The summed E-state index contributed by atoms with van der Waals surface area (Å²) in [7, 11) is 0. The van der Waals surface area contributed by atoms with Gasteiger partial charge in [0.05, 0.1) is 13.0 Å². The molecule has 3 nitrogen and oxygen atoms in total. The van der Waals surface area contributed by atoms with Crippen LogP contribution in [0.4, 0.5) is 13.2 Å². The quantitative estimate of drug-likeness (QED) is 0.417. The molecule has 0 bridgehead atoms. The molecule has 0 radical (unpaired) electrons. The Bertz CT molecular complexity index is 453. The van der Waals surface area contributed by atoms with Gasteiger partial charge in [-0.1, -0.05) is 29.8 Å². The van der Waals surface area contributed by atoms with Crippen molar-refractivity contribution < 1.29 is 13.2 Å². The predicted molar refractivity (Wildman–Crippen MR) is 90.4 cm³/mol. The van der Waals surface area contributed by atoms with E-state index in [1.165, 1.54) is 0 Å². The van der Waals surface area contributed by atoms with E-state index in [-0.39, 0.29) is 30.5 Å². The van der Waals surface area contributed by atoms with Crippen molar-refractivity contribution in [2.24, 2.45) is 4.99 Å². The van der Waals surface area contributed by atoms with Crippen LogP contribution in [0.25, 0.3) is 0 Å². The van der Waals surface area contributed by atoms with Gasteiger partial charge in [-0.3, -0.25) is 0 Å². The average molecular weight is 436 g/mol. The minimum absolute atomic E-state index is 0. The average Bonchev–Trinajstić information content (AvgIpc) is 2.36. The maximum atomic E-state index is 12.1. The summed E-state index contributed by atoms with van der Waals surface area (Å²) in [4.78, 5) is 4.21. The van der Waals surface area contributed by atoms with Crippen molar-refractivity contribution in [1.82, 2.24) is 10.6 Å². The van der Waals surface area contributed by atoms with Crippen LogP contribution in [0.2, 0.25) is 5.02 Å². The van der Waals surface area contributed by atoms with Crippen molar-refractivity contribution in [3.8, 4) is 0 Å². The molecule has 0 saturated heterocycles. The highest BCUT2D eigenvalue weighted by Crippen LogP contribution is 2.18. The number of guanidine groups is 1. The monoisotopic (exact) mass is 435 g/mol. The van der Waals surface area contributed by atoms with E-state index in [1.54, 1.807) is 6.07 Å². The first kappa shape index (κ1) is 20.3. The fourth-order valence-electron chi connectivity index (χ4n) is 1.46. The van der Waals surface area contributed by atoms with Crippen molar-refractivity contribution in [1.29, 1.82) is 0 Å². The number of halogens is 5. The molecule has 0 aromatic heterocycles. The van der Waals surface area contributed by atoms with Gasteiger partial charge in [0, 0.05) is 18.1 Å². The minimum atomic E-state index is -4.17. The molecule has 0 heterocycles. The summed E-state index contributed by atoms with van der Waals surface area (Å²) in [5.41, 5.74) is 0.821. The molecule has 0 saturated carbocycles. The molecule has 1 aromatic rings. The van der Waals surface area contributed by atoms with Gasteiger partial charge in [0.25, 0.3) is 0 Å². The van der Waals surface area contributed by atoms with Gasteiger partial charge in [0.15, 0.2) is 5.96 Å². The van der Waals surface area contributed by atoms with Crippen LogP contribution < -0.4 is 10.6 Å². The van der Waals surface area contributed by atoms with Crippen molar-refractivity contribution in [2.45, 2.75) is 26.1 Å². The van der Waals surface area contributed by atoms with Crippen LogP contribution in [0.15, 0.2) is 29.3 Å². The topological polar surface area (TPSA) is 36.4 Å². The Kier molecular flexibility index (Phi) is 9.76. The summed E-state index contributed by atoms with van der Waals surface area (Å²) in [6.07, 6.45) is -5.07. The van der Waals surface area contributed by atoms with Gasteiger partial charge >= 0.3 is 6.18 Å². The van der Waals surface area contributed by atoms with E-state index in [1.807, 2.05) is 25.1 Å². The molecule has 0 aliphatic heterocycles. The van der Waals surface area contributed by atoms with E-state index in [9.17, 15) is 13.2 Å². The third-order valence-corrected chi connectivity index (χ3v) is 2.78. The molecule has 0 fully saturated rings. The normalized spacial score (nSPS) is 11.8.